The van der Waals surface area contributed by atoms with Crippen molar-refractivity contribution in [1.82, 2.24) is 0 Å². The summed E-state index contributed by atoms with van der Waals surface area (Å²) in [5.41, 5.74) is 5.44. The topological polar surface area (TPSA) is 86.7 Å². The van der Waals surface area contributed by atoms with Crippen molar-refractivity contribution >= 4 is 0 Å². The highest BCUT2D eigenvalue weighted by atomic mass is 16.3. The first-order chi connectivity index (χ1) is 8.13. The Kier molecular flexibility index (Phi) is 10.9. The van der Waals surface area contributed by atoms with E-state index in [2.05, 4.69) is 6.92 Å². The van der Waals surface area contributed by atoms with Crippen LogP contribution >= 0.6 is 0 Å². The van der Waals surface area contributed by atoms with E-state index in [1.807, 2.05) is 0 Å². The molecule has 0 radical (unpaired) electrons. The van der Waals surface area contributed by atoms with Crippen LogP contribution in [0.5, 0.6) is 0 Å². The summed E-state index contributed by atoms with van der Waals surface area (Å²) in [5, 5.41) is 27.9. The molecule has 0 bridgehead atoms. The number of nitrogens with two attached hydrogens (primary N) is 1. The van der Waals surface area contributed by atoms with Gasteiger partial charge in [0.1, 0.15) is 0 Å². The third-order valence-electron chi connectivity index (χ3n) is 3.15. The summed E-state index contributed by atoms with van der Waals surface area (Å²) in [6, 6.07) is -0.741. The number of hydrogen-bond donors (Lipinski definition) is 4. The van der Waals surface area contributed by atoms with E-state index in [1.54, 1.807) is 0 Å². The van der Waals surface area contributed by atoms with E-state index in [4.69, 9.17) is 10.8 Å². The molecule has 4 heteroatoms. The second kappa shape index (κ2) is 11.0. The van der Waals surface area contributed by atoms with Crippen LogP contribution in [0.15, 0.2) is 0 Å². The first kappa shape index (κ1) is 16.8. The van der Waals surface area contributed by atoms with E-state index in [0.29, 0.717) is 6.42 Å². The van der Waals surface area contributed by atoms with Crippen molar-refractivity contribution in [2.75, 3.05) is 6.61 Å². The molecule has 0 aromatic carbocycles. The van der Waals surface area contributed by atoms with Gasteiger partial charge in [-0.05, 0) is 6.42 Å². The van der Waals surface area contributed by atoms with Crippen molar-refractivity contribution in [1.29, 1.82) is 0 Å². The molecule has 0 saturated heterocycles. The molecule has 0 aromatic rings. The molecule has 0 rings (SSSR count). The highest BCUT2D eigenvalue weighted by Crippen LogP contribution is 2.12. The fourth-order valence-corrected chi connectivity index (χ4v) is 1.87. The first-order valence-corrected chi connectivity index (χ1v) is 6.86. The lowest BCUT2D eigenvalue weighted by atomic mass is 10.0. The molecule has 0 aliphatic heterocycles. The Hall–Kier alpha value is -0.160. The Morgan fingerprint density at radius 3 is 2.00 bits per heavy atom. The van der Waals surface area contributed by atoms with Gasteiger partial charge in [0.05, 0.1) is 24.9 Å². The van der Waals surface area contributed by atoms with Crippen LogP contribution in [0.1, 0.15) is 58.3 Å². The van der Waals surface area contributed by atoms with Crippen LogP contribution in [-0.2, 0) is 0 Å². The Morgan fingerprint density at radius 1 is 0.941 bits per heavy atom. The van der Waals surface area contributed by atoms with Crippen LogP contribution in [0.4, 0.5) is 0 Å². The summed E-state index contributed by atoms with van der Waals surface area (Å²) >= 11 is 0. The van der Waals surface area contributed by atoms with Crippen LogP contribution in [0.25, 0.3) is 0 Å². The molecule has 4 nitrogen and oxygen atoms in total. The van der Waals surface area contributed by atoms with Gasteiger partial charge < -0.3 is 21.1 Å². The van der Waals surface area contributed by atoms with Crippen molar-refractivity contribution in [2.45, 2.75) is 76.5 Å². The van der Waals surface area contributed by atoms with Gasteiger partial charge in [-0.25, -0.2) is 0 Å². The minimum atomic E-state index is -1.01. The molecule has 0 aliphatic rings. The van der Waals surface area contributed by atoms with Gasteiger partial charge in [-0.1, -0.05) is 51.9 Å². The molecule has 104 valence electrons. The maximum atomic E-state index is 9.62. The van der Waals surface area contributed by atoms with E-state index < -0.39 is 18.2 Å². The Labute approximate surface area is 105 Å². The Balaban J connectivity index is 3.41. The van der Waals surface area contributed by atoms with Crippen molar-refractivity contribution < 1.29 is 15.3 Å². The quantitative estimate of drug-likeness (QED) is 0.413. The van der Waals surface area contributed by atoms with Crippen molar-refractivity contribution in [3.05, 3.63) is 0 Å². The molecule has 5 N–H and O–H groups in total. The standard InChI is InChI=1S/C13H29NO3/c1-2-3-4-5-6-7-8-9-12(16)13(17)11(14)10-15/h11-13,15-17H,2-10,14H2,1H3. The third-order valence-corrected chi connectivity index (χ3v) is 3.15. The second-order valence-corrected chi connectivity index (χ2v) is 4.81. The Bertz CT molecular complexity index is 167. The first-order valence-electron chi connectivity index (χ1n) is 6.86. The number of aliphatic hydroxyl groups excluding tert-OH is 3. The summed E-state index contributed by atoms with van der Waals surface area (Å²) < 4.78 is 0. The van der Waals surface area contributed by atoms with Crippen LogP contribution in [0.3, 0.4) is 0 Å². The molecule has 0 fully saturated rings. The molecule has 0 aromatic heterocycles. The van der Waals surface area contributed by atoms with Crippen LogP contribution in [0, 0.1) is 0 Å². The minimum absolute atomic E-state index is 0.296. The predicted octanol–water partition coefficient (Wildman–Crippen LogP) is 1.17. The zero-order valence-electron chi connectivity index (χ0n) is 11.0. The molecule has 17 heavy (non-hydrogen) atoms. The van der Waals surface area contributed by atoms with Crippen molar-refractivity contribution in [3.8, 4) is 0 Å². The van der Waals surface area contributed by atoms with Gasteiger partial charge in [-0.15, -0.1) is 0 Å². The number of rotatable bonds is 11. The molecular weight excluding hydrogens is 218 g/mol. The summed E-state index contributed by atoms with van der Waals surface area (Å²) in [7, 11) is 0. The monoisotopic (exact) mass is 247 g/mol. The van der Waals surface area contributed by atoms with Gasteiger partial charge in [-0.2, -0.15) is 0 Å². The SMILES string of the molecule is CCCCCCCCCC(O)C(O)C(N)CO. The average molecular weight is 247 g/mol. The number of unbranched alkanes of at least 4 members (excludes halogenated alkanes) is 6. The number of hydrogen-bond acceptors (Lipinski definition) is 4. The summed E-state index contributed by atoms with van der Waals surface area (Å²) in [6.07, 6.45) is 7.01. The molecular formula is C13H29NO3. The van der Waals surface area contributed by atoms with E-state index >= 15 is 0 Å². The van der Waals surface area contributed by atoms with Gasteiger partial charge >= 0.3 is 0 Å². The lowest BCUT2D eigenvalue weighted by Crippen LogP contribution is -2.45. The summed E-state index contributed by atoms with van der Waals surface area (Å²) in [6.45, 7) is 1.90. The zero-order valence-corrected chi connectivity index (χ0v) is 11.0. The minimum Gasteiger partial charge on any atom is -0.395 e. The van der Waals surface area contributed by atoms with Gasteiger partial charge in [0.2, 0.25) is 0 Å². The highest BCUT2D eigenvalue weighted by molar-refractivity contribution is 4.77. The van der Waals surface area contributed by atoms with Gasteiger partial charge in [-0.3, -0.25) is 0 Å². The van der Waals surface area contributed by atoms with E-state index in [9.17, 15) is 10.2 Å². The van der Waals surface area contributed by atoms with Gasteiger partial charge in [0.25, 0.3) is 0 Å². The molecule has 0 aliphatic carbocycles. The van der Waals surface area contributed by atoms with E-state index in [-0.39, 0.29) is 6.61 Å². The fourth-order valence-electron chi connectivity index (χ4n) is 1.87. The van der Waals surface area contributed by atoms with Crippen molar-refractivity contribution in [3.63, 3.8) is 0 Å². The van der Waals surface area contributed by atoms with E-state index in [0.717, 1.165) is 12.8 Å². The largest absolute Gasteiger partial charge is 0.395 e. The third kappa shape index (κ3) is 8.55. The molecule has 3 unspecified atom stereocenters. The molecule has 3 atom stereocenters. The molecule has 0 saturated carbocycles. The number of aliphatic hydroxyl groups is 3. The highest BCUT2D eigenvalue weighted by Gasteiger charge is 2.21. The van der Waals surface area contributed by atoms with Gasteiger partial charge in [0.15, 0.2) is 0 Å². The fraction of sp³-hybridized carbons (Fsp3) is 1.00. The maximum absolute atomic E-state index is 9.62. The summed E-state index contributed by atoms with van der Waals surface area (Å²) in [4.78, 5) is 0. The predicted molar refractivity (Wildman–Crippen MR) is 69.7 cm³/mol. The molecule has 0 spiro atoms. The van der Waals surface area contributed by atoms with Crippen LogP contribution in [0.2, 0.25) is 0 Å². The lowest BCUT2D eigenvalue weighted by molar-refractivity contribution is -0.0121. The van der Waals surface area contributed by atoms with E-state index in [1.165, 1.54) is 32.1 Å². The van der Waals surface area contributed by atoms with Crippen molar-refractivity contribution in [2.24, 2.45) is 5.73 Å². The Morgan fingerprint density at radius 2 is 1.47 bits per heavy atom. The van der Waals surface area contributed by atoms with Crippen LogP contribution < -0.4 is 5.73 Å². The normalized spacial score (nSPS) is 16.8. The summed E-state index contributed by atoms with van der Waals surface area (Å²) in [5.74, 6) is 0. The molecule has 0 amide bonds. The smallest absolute Gasteiger partial charge is 0.0971 e. The van der Waals surface area contributed by atoms with Crippen LogP contribution in [-0.4, -0.2) is 40.2 Å². The lowest BCUT2D eigenvalue weighted by Gasteiger charge is -2.22. The molecule has 0 heterocycles. The van der Waals surface area contributed by atoms with Gasteiger partial charge in [0, 0.05) is 0 Å². The average Bonchev–Trinajstić information content (AvgIpc) is 2.35. The zero-order chi connectivity index (χ0) is 13.1. The second-order valence-electron chi connectivity index (χ2n) is 4.81. The maximum Gasteiger partial charge on any atom is 0.0971 e.